The summed E-state index contributed by atoms with van der Waals surface area (Å²) in [5.41, 5.74) is 0.986. The van der Waals surface area contributed by atoms with Gasteiger partial charge in [0, 0.05) is 30.5 Å². The minimum Gasteiger partial charge on any atom is -0.396 e. The van der Waals surface area contributed by atoms with Gasteiger partial charge in [0.1, 0.15) is 5.15 Å². The summed E-state index contributed by atoms with van der Waals surface area (Å²) in [6.07, 6.45) is 4.81. The predicted molar refractivity (Wildman–Crippen MR) is 59.8 cm³/mol. The number of hydrogen-bond acceptors (Lipinski definition) is 3. The van der Waals surface area contributed by atoms with Crippen molar-refractivity contribution in [2.45, 2.75) is 31.3 Å². The molecule has 1 aliphatic rings. The van der Waals surface area contributed by atoms with E-state index < -0.39 is 0 Å². The lowest BCUT2D eigenvalue weighted by molar-refractivity contribution is 0.265. The monoisotopic (exact) mass is 226 g/mol. The molecular formula is C11H15ClN2O. The second kappa shape index (κ2) is 4.92. The van der Waals surface area contributed by atoms with Crippen LogP contribution < -0.4 is 5.32 Å². The molecule has 0 amide bonds. The molecule has 4 heteroatoms. The molecule has 2 N–H and O–H groups in total. The highest BCUT2D eigenvalue weighted by Crippen LogP contribution is 2.28. The zero-order chi connectivity index (χ0) is 10.7. The van der Waals surface area contributed by atoms with Crippen molar-refractivity contribution in [1.82, 2.24) is 10.3 Å². The number of aliphatic hydroxyl groups excluding tert-OH is 1. The number of aromatic nitrogens is 1. The molecule has 0 spiro atoms. The molecule has 0 aliphatic heterocycles. The lowest BCUT2D eigenvalue weighted by Gasteiger charge is -2.18. The lowest BCUT2D eigenvalue weighted by atomic mass is 10.1. The summed E-state index contributed by atoms with van der Waals surface area (Å²) < 4.78 is 0. The van der Waals surface area contributed by atoms with Gasteiger partial charge in [-0.3, -0.25) is 0 Å². The molecule has 1 unspecified atom stereocenters. The third kappa shape index (κ3) is 2.91. The molecule has 0 aromatic carbocycles. The third-order valence-corrected chi connectivity index (χ3v) is 2.91. The van der Waals surface area contributed by atoms with Crippen molar-refractivity contribution in [1.29, 1.82) is 0 Å². The summed E-state index contributed by atoms with van der Waals surface area (Å²) >= 11 is 6.03. The van der Waals surface area contributed by atoms with Gasteiger partial charge in [-0.2, -0.15) is 0 Å². The van der Waals surface area contributed by atoms with Crippen LogP contribution in [0.4, 0.5) is 0 Å². The summed E-state index contributed by atoms with van der Waals surface area (Å²) in [5, 5.41) is 13.0. The molecule has 3 nitrogen and oxygen atoms in total. The van der Waals surface area contributed by atoms with Crippen LogP contribution in [0.1, 0.15) is 30.9 Å². The fraction of sp³-hybridized carbons (Fsp3) is 0.545. The number of nitrogens with one attached hydrogen (secondary N) is 1. The molecule has 1 aromatic heterocycles. The number of nitrogens with zero attached hydrogens (tertiary/aromatic N) is 1. The molecular weight excluding hydrogens is 212 g/mol. The summed E-state index contributed by atoms with van der Waals surface area (Å²) in [7, 11) is 0. The molecule has 82 valence electrons. The van der Waals surface area contributed by atoms with Gasteiger partial charge < -0.3 is 10.4 Å². The summed E-state index contributed by atoms with van der Waals surface area (Å²) in [6.45, 7) is 0.162. The number of aliphatic hydroxyl groups is 1. The first kappa shape index (κ1) is 10.9. The summed E-state index contributed by atoms with van der Waals surface area (Å²) in [4.78, 5) is 4.05. The maximum atomic E-state index is 9.02. The van der Waals surface area contributed by atoms with Crippen molar-refractivity contribution in [3.05, 3.63) is 29.0 Å². The zero-order valence-electron chi connectivity index (χ0n) is 8.49. The van der Waals surface area contributed by atoms with Crippen LogP contribution in [0, 0.1) is 0 Å². The normalized spacial score (nSPS) is 17.7. The largest absolute Gasteiger partial charge is 0.396 e. The molecule has 15 heavy (non-hydrogen) atoms. The zero-order valence-corrected chi connectivity index (χ0v) is 9.24. The average Bonchev–Trinajstić information content (AvgIpc) is 3.02. The molecule has 0 bridgehead atoms. The Morgan fingerprint density at radius 1 is 1.60 bits per heavy atom. The molecule has 1 saturated carbocycles. The highest BCUT2D eigenvalue weighted by molar-refractivity contribution is 6.30. The quantitative estimate of drug-likeness (QED) is 0.754. The van der Waals surface area contributed by atoms with E-state index >= 15 is 0 Å². The van der Waals surface area contributed by atoms with Crippen LogP contribution in [0.15, 0.2) is 18.3 Å². The Labute approximate surface area is 94.5 Å². The van der Waals surface area contributed by atoms with Gasteiger partial charge in [-0.15, -0.1) is 0 Å². The first-order valence-electron chi connectivity index (χ1n) is 5.28. The summed E-state index contributed by atoms with van der Waals surface area (Å²) in [6, 6.07) is 4.56. The maximum absolute atomic E-state index is 9.02. The van der Waals surface area contributed by atoms with Crippen LogP contribution in [0.3, 0.4) is 0 Å². The molecule has 1 aromatic rings. The van der Waals surface area contributed by atoms with Crippen molar-refractivity contribution in [2.75, 3.05) is 6.61 Å². The average molecular weight is 227 g/mol. The van der Waals surface area contributed by atoms with E-state index in [1.165, 1.54) is 12.8 Å². The SMILES string of the molecule is OCCC(NC1CC1)c1cccnc1Cl. The van der Waals surface area contributed by atoms with Gasteiger partial charge in [-0.25, -0.2) is 4.98 Å². The van der Waals surface area contributed by atoms with E-state index in [0.717, 1.165) is 5.56 Å². The third-order valence-electron chi connectivity index (χ3n) is 2.60. The van der Waals surface area contributed by atoms with Crippen LogP contribution in [-0.4, -0.2) is 22.7 Å². The fourth-order valence-corrected chi connectivity index (χ4v) is 1.90. The van der Waals surface area contributed by atoms with Gasteiger partial charge in [0.05, 0.1) is 0 Å². The fourth-order valence-electron chi connectivity index (χ4n) is 1.65. The Bertz CT molecular complexity index is 328. The van der Waals surface area contributed by atoms with E-state index in [1.807, 2.05) is 12.1 Å². The molecule has 1 aliphatic carbocycles. The van der Waals surface area contributed by atoms with E-state index in [1.54, 1.807) is 6.20 Å². The van der Waals surface area contributed by atoms with Gasteiger partial charge in [0.25, 0.3) is 0 Å². The van der Waals surface area contributed by atoms with Crippen LogP contribution in [0.5, 0.6) is 0 Å². The Kier molecular flexibility index (Phi) is 3.57. The minimum atomic E-state index is 0.128. The van der Waals surface area contributed by atoms with E-state index in [4.69, 9.17) is 16.7 Å². The van der Waals surface area contributed by atoms with E-state index in [-0.39, 0.29) is 12.6 Å². The molecule has 1 heterocycles. The number of halogens is 1. The second-order valence-electron chi connectivity index (χ2n) is 3.89. The number of hydrogen-bond donors (Lipinski definition) is 2. The van der Waals surface area contributed by atoms with Crippen molar-refractivity contribution in [2.24, 2.45) is 0 Å². The van der Waals surface area contributed by atoms with Gasteiger partial charge in [0.15, 0.2) is 0 Å². The second-order valence-corrected chi connectivity index (χ2v) is 4.25. The van der Waals surface area contributed by atoms with Crippen LogP contribution in [0.2, 0.25) is 5.15 Å². The Morgan fingerprint density at radius 3 is 3.00 bits per heavy atom. The standard InChI is InChI=1S/C11H15ClN2O/c12-11-9(2-1-6-13-11)10(5-7-15)14-8-3-4-8/h1-2,6,8,10,14-15H,3-5,7H2. The van der Waals surface area contributed by atoms with Crippen LogP contribution in [-0.2, 0) is 0 Å². The van der Waals surface area contributed by atoms with Gasteiger partial charge >= 0.3 is 0 Å². The summed E-state index contributed by atoms with van der Waals surface area (Å²) in [5.74, 6) is 0. The highest BCUT2D eigenvalue weighted by atomic mass is 35.5. The minimum absolute atomic E-state index is 0.128. The van der Waals surface area contributed by atoms with Crippen molar-refractivity contribution in [3.63, 3.8) is 0 Å². The van der Waals surface area contributed by atoms with E-state index in [0.29, 0.717) is 17.6 Å². The van der Waals surface area contributed by atoms with Crippen LogP contribution >= 0.6 is 11.6 Å². The first-order chi connectivity index (χ1) is 7.31. The number of pyridine rings is 1. The first-order valence-corrected chi connectivity index (χ1v) is 5.66. The molecule has 1 atom stereocenters. The van der Waals surface area contributed by atoms with Gasteiger partial charge in [-0.05, 0) is 25.3 Å². The number of rotatable bonds is 5. The molecule has 0 saturated heterocycles. The Hall–Kier alpha value is -0.640. The van der Waals surface area contributed by atoms with Crippen LogP contribution in [0.25, 0.3) is 0 Å². The van der Waals surface area contributed by atoms with E-state index in [9.17, 15) is 0 Å². The van der Waals surface area contributed by atoms with Gasteiger partial charge in [-0.1, -0.05) is 17.7 Å². The lowest BCUT2D eigenvalue weighted by Crippen LogP contribution is -2.24. The Balaban J connectivity index is 2.11. The van der Waals surface area contributed by atoms with Crippen molar-refractivity contribution < 1.29 is 5.11 Å². The molecule has 2 rings (SSSR count). The topological polar surface area (TPSA) is 45.1 Å². The Morgan fingerprint density at radius 2 is 2.40 bits per heavy atom. The predicted octanol–water partition coefficient (Wildman–Crippen LogP) is 1.91. The van der Waals surface area contributed by atoms with Crippen molar-refractivity contribution in [3.8, 4) is 0 Å². The highest BCUT2D eigenvalue weighted by Gasteiger charge is 2.26. The molecule has 0 radical (unpaired) electrons. The molecule has 1 fully saturated rings. The maximum Gasteiger partial charge on any atom is 0.133 e. The smallest absolute Gasteiger partial charge is 0.133 e. The van der Waals surface area contributed by atoms with Gasteiger partial charge in [0.2, 0.25) is 0 Å². The van der Waals surface area contributed by atoms with E-state index in [2.05, 4.69) is 10.3 Å². The van der Waals surface area contributed by atoms with Crippen molar-refractivity contribution >= 4 is 11.6 Å².